The molecule has 1 amide bonds. The zero-order chi connectivity index (χ0) is 23.7. The molecule has 5 aromatic rings. The molecule has 3 aromatic heterocycles. The smallest absolute Gasteiger partial charge is 0.230 e. The second-order valence-corrected chi connectivity index (χ2v) is 9.25. The lowest BCUT2D eigenvalue weighted by Gasteiger charge is -2.12. The van der Waals surface area contributed by atoms with Crippen LogP contribution in [0.3, 0.4) is 0 Å². The monoisotopic (exact) mass is 451 g/mol. The van der Waals surface area contributed by atoms with Crippen LogP contribution in [0.5, 0.6) is 0 Å². The molecule has 7 nitrogen and oxygen atoms in total. The number of imidazole rings is 1. The minimum Gasteiger partial charge on any atom is -0.359 e. The first kappa shape index (κ1) is 21.6. The van der Waals surface area contributed by atoms with Gasteiger partial charge in [-0.15, -0.1) is 0 Å². The van der Waals surface area contributed by atoms with Crippen LogP contribution in [0.1, 0.15) is 32.1 Å². The maximum absolute atomic E-state index is 12.5. The van der Waals surface area contributed by atoms with Gasteiger partial charge >= 0.3 is 0 Å². The van der Waals surface area contributed by atoms with Crippen LogP contribution < -0.4 is 5.32 Å². The lowest BCUT2D eigenvalue weighted by atomic mass is 9.93. The Hall–Kier alpha value is -4.26. The molecule has 0 spiro atoms. The van der Waals surface area contributed by atoms with E-state index in [1.54, 1.807) is 12.3 Å². The second-order valence-electron chi connectivity index (χ2n) is 9.25. The molecule has 0 saturated heterocycles. The summed E-state index contributed by atoms with van der Waals surface area (Å²) in [5.41, 5.74) is 5.57. The van der Waals surface area contributed by atoms with E-state index in [9.17, 15) is 4.79 Å². The van der Waals surface area contributed by atoms with Gasteiger partial charge in [0.1, 0.15) is 12.1 Å². The van der Waals surface area contributed by atoms with E-state index in [1.807, 2.05) is 80.2 Å². The number of fused-ring (bicyclic) bond motifs is 1. The molecule has 0 radical (unpaired) electrons. The summed E-state index contributed by atoms with van der Waals surface area (Å²) in [4.78, 5) is 21.5. The van der Waals surface area contributed by atoms with Crippen LogP contribution in [0.4, 0.5) is 5.82 Å². The first-order valence-electron chi connectivity index (χ1n) is 11.1. The van der Waals surface area contributed by atoms with E-state index in [0.717, 1.165) is 39.3 Å². The van der Waals surface area contributed by atoms with Crippen LogP contribution in [0.15, 0.2) is 83.8 Å². The summed E-state index contributed by atoms with van der Waals surface area (Å²) >= 11 is 0. The zero-order valence-corrected chi connectivity index (χ0v) is 19.3. The SMILES string of the molecule is CC(C)(C)c1cc(NC(=O)Cc2ccc(-n3cnc4cc(-c5ccccn5)ccc43)cc2)no1. The van der Waals surface area contributed by atoms with Crippen LogP contribution in [0.2, 0.25) is 0 Å². The van der Waals surface area contributed by atoms with Crippen molar-refractivity contribution in [3.8, 4) is 16.9 Å². The summed E-state index contributed by atoms with van der Waals surface area (Å²) in [6, 6.07) is 21.7. The third kappa shape index (κ3) is 4.45. The summed E-state index contributed by atoms with van der Waals surface area (Å²) in [5.74, 6) is 1.02. The molecular formula is C27H25N5O2. The number of hydrogen-bond donors (Lipinski definition) is 1. The standard InChI is InChI=1S/C27H25N5O2/c1-27(2,3)24-16-25(31-34-24)30-26(33)14-18-7-10-20(11-8-18)32-17-29-22-15-19(9-12-23(22)32)21-6-4-5-13-28-21/h4-13,15-17H,14H2,1-3H3,(H,30,31,33). The van der Waals surface area contributed by atoms with Crippen LogP contribution in [-0.2, 0) is 16.6 Å². The molecule has 3 heterocycles. The fourth-order valence-corrected chi connectivity index (χ4v) is 3.75. The highest BCUT2D eigenvalue weighted by Gasteiger charge is 2.20. The molecular weight excluding hydrogens is 426 g/mol. The van der Waals surface area contributed by atoms with Gasteiger partial charge in [-0.05, 0) is 42.0 Å². The first-order chi connectivity index (χ1) is 16.4. The molecule has 34 heavy (non-hydrogen) atoms. The van der Waals surface area contributed by atoms with Gasteiger partial charge in [-0.2, -0.15) is 0 Å². The van der Waals surface area contributed by atoms with E-state index in [2.05, 4.69) is 32.6 Å². The number of rotatable bonds is 5. The number of hydrogen-bond acceptors (Lipinski definition) is 5. The number of nitrogens with zero attached hydrogens (tertiary/aromatic N) is 4. The molecule has 0 fully saturated rings. The van der Waals surface area contributed by atoms with Crippen molar-refractivity contribution in [2.45, 2.75) is 32.6 Å². The first-order valence-corrected chi connectivity index (χ1v) is 11.1. The van der Waals surface area contributed by atoms with Crippen molar-refractivity contribution < 1.29 is 9.32 Å². The molecule has 0 aliphatic carbocycles. The van der Waals surface area contributed by atoms with Crippen molar-refractivity contribution in [2.24, 2.45) is 0 Å². The Labute approximate surface area is 197 Å². The number of aromatic nitrogens is 4. The van der Waals surface area contributed by atoms with Gasteiger partial charge in [0, 0.05) is 28.9 Å². The highest BCUT2D eigenvalue weighted by molar-refractivity contribution is 5.91. The zero-order valence-electron chi connectivity index (χ0n) is 19.3. The van der Waals surface area contributed by atoms with E-state index in [-0.39, 0.29) is 17.7 Å². The van der Waals surface area contributed by atoms with Gasteiger partial charge in [0.2, 0.25) is 5.91 Å². The van der Waals surface area contributed by atoms with Crippen molar-refractivity contribution in [2.75, 3.05) is 5.32 Å². The number of anilines is 1. The molecule has 170 valence electrons. The maximum Gasteiger partial charge on any atom is 0.230 e. The maximum atomic E-state index is 12.5. The predicted octanol–water partition coefficient (Wildman–Crippen LogP) is 5.55. The van der Waals surface area contributed by atoms with Gasteiger partial charge in [-0.1, -0.05) is 50.2 Å². The van der Waals surface area contributed by atoms with Crippen LogP contribution in [0.25, 0.3) is 28.0 Å². The number of amides is 1. The van der Waals surface area contributed by atoms with Gasteiger partial charge in [-0.3, -0.25) is 14.3 Å². The third-order valence-corrected chi connectivity index (χ3v) is 5.60. The average molecular weight is 452 g/mol. The molecule has 0 bridgehead atoms. The molecule has 7 heteroatoms. The summed E-state index contributed by atoms with van der Waals surface area (Å²) in [6.45, 7) is 6.09. The van der Waals surface area contributed by atoms with Crippen LogP contribution in [-0.4, -0.2) is 25.6 Å². The minimum atomic E-state index is -0.163. The molecule has 0 atom stereocenters. The van der Waals surface area contributed by atoms with E-state index in [1.165, 1.54) is 0 Å². The summed E-state index contributed by atoms with van der Waals surface area (Å²) in [5, 5.41) is 6.75. The molecule has 0 unspecified atom stereocenters. The molecule has 5 rings (SSSR count). The van der Waals surface area contributed by atoms with Crippen LogP contribution >= 0.6 is 0 Å². The van der Waals surface area contributed by atoms with Crippen molar-refractivity contribution >= 4 is 22.8 Å². The predicted molar refractivity (Wildman–Crippen MR) is 132 cm³/mol. The Bertz CT molecular complexity index is 1440. The quantitative estimate of drug-likeness (QED) is 0.378. The lowest BCUT2D eigenvalue weighted by molar-refractivity contribution is -0.115. The van der Waals surface area contributed by atoms with Gasteiger partial charge in [0.25, 0.3) is 0 Å². The second kappa shape index (κ2) is 8.59. The van der Waals surface area contributed by atoms with E-state index < -0.39 is 0 Å². The number of carbonyl (C=O) groups is 1. The summed E-state index contributed by atoms with van der Waals surface area (Å²) < 4.78 is 7.36. The third-order valence-electron chi connectivity index (χ3n) is 5.60. The van der Waals surface area contributed by atoms with Gasteiger partial charge < -0.3 is 9.84 Å². The number of nitrogens with one attached hydrogen (secondary N) is 1. The van der Waals surface area contributed by atoms with Crippen molar-refractivity contribution in [3.63, 3.8) is 0 Å². The fraction of sp³-hybridized carbons (Fsp3) is 0.185. The topological polar surface area (TPSA) is 85.8 Å². The molecule has 0 aliphatic rings. The Balaban J connectivity index is 1.29. The highest BCUT2D eigenvalue weighted by Crippen LogP contribution is 2.26. The van der Waals surface area contributed by atoms with Crippen molar-refractivity contribution in [1.82, 2.24) is 19.7 Å². The Morgan fingerprint density at radius 3 is 2.53 bits per heavy atom. The van der Waals surface area contributed by atoms with Gasteiger partial charge in [0.05, 0.1) is 23.1 Å². The van der Waals surface area contributed by atoms with Gasteiger partial charge in [-0.25, -0.2) is 4.98 Å². The normalized spacial score (nSPS) is 11.6. The lowest BCUT2D eigenvalue weighted by Crippen LogP contribution is -2.14. The minimum absolute atomic E-state index is 0.142. The summed E-state index contributed by atoms with van der Waals surface area (Å²) in [6.07, 6.45) is 3.84. The Morgan fingerprint density at radius 2 is 1.82 bits per heavy atom. The van der Waals surface area contributed by atoms with E-state index >= 15 is 0 Å². The molecule has 1 N–H and O–H groups in total. The molecule has 0 aliphatic heterocycles. The largest absolute Gasteiger partial charge is 0.359 e. The fourth-order valence-electron chi connectivity index (χ4n) is 3.75. The van der Waals surface area contributed by atoms with Crippen LogP contribution in [0, 0.1) is 0 Å². The highest BCUT2D eigenvalue weighted by atomic mass is 16.5. The molecule has 2 aromatic carbocycles. The van der Waals surface area contributed by atoms with E-state index in [0.29, 0.717) is 5.82 Å². The molecule has 0 saturated carbocycles. The number of pyridine rings is 1. The van der Waals surface area contributed by atoms with Crippen molar-refractivity contribution in [3.05, 3.63) is 90.6 Å². The average Bonchev–Trinajstić information content (AvgIpc) is 3.47. The summed E-state index contributed by atoms with van der Waals surface area (Å²) in [7, 11) is 0. The Morgan fingerprint density at radius 1 is 1.00 bits per heavy atom. The number of benzene rings is 2. The van der Waals surface area contributed by atoms with E-state index in [4.69, 9.17) is 4.52 Å². The van der Waals surface area contributed by atoms with Crippen molar-refractivity contribution in [1.29, 1.82) is 0 Å². The number of carbonyl (C=O) groups excluding carboxylic acids is 1. The Kier molecular flexibility index (Phi) is 5.45. The van der Waals surface area contributed by atoms with Gasteiger partial charge in [0.15, 0.2) is 5.82 Å².